The summed E-state index contributed by atoms with van der Waals surface area (Å²) < 4.78 is 16.8. The van der Waals surface area contributed by atoms with E-state index in [-0.39, 0.29) is 12.0 Å². The summed E-state index contributed by atoms with van der Waals surface area (Å²) in [7, 11) is 0. The van der Waals surface area contributed by atoms with E-state index in [9.17, 15) is 4.79 Å². The molecule has 0 radical (unpaired) electrons. The van der Waals surface area contributed by atoms with E-state index < -0.39 is 0 Å². The first kappa shape index (κ1) is 17.3. The SMILES string of the molecule is CCOc1ccccc1C(=O)Nc1cccc(OCC2CCCO2)c1. The Morgan fingerprint density at radius 2 is 2.08 bits per heavy atom. The second-order valence-electron chi connectivity index (χ2n) is 5.86. The molecule has 1 heterocycles. The van der Waals surface area contributed by atoms with Crippen LogP contribution in [-0.4, -0.2) is 31.8 Å². The summed E-state index contributed by atoms with van der Waals surface area (Å²) >= 11 is 0. The highest BCUT2D eigenvalue weighted by Crippen LogP contribution is 2.22. The lowest BCUT2D eigenvalue weighted by Gasteiger charge is -2.13. The van der Waals surface area contributed by atoms with Gasteiger partial charge in [0, 0.05) is 18.4 Å². The third-order valence-corrected chi connectivity index (χ3v) is 3.98. The van der Waals surface area contributed by atoms with E-state index in [1.807, 2.05) is 43.3 Å². The van der Waals surface area contributed by atoms with Crippen LogP contribution in [0.25, 0.3) is 0 Å². The maximum absolute atomic E-state index is 12.5. The molecule has 3 rings (SSSR count). The molecule has 0 saturated carbocycles. The molecule has 5 heteroatoms. The maximum Gasteiger partial charge on any atom is 0.259 e. The molecule has 2 aromatic rings. The van der Waals surface area contributed by atoms with Crippen LogP contribution < -0.4 is 14.8 Å². The van der Waals surface area contributed by atoms with Crippen LogP contribution in [0.2, 0.25) is 0 Å². The number of para-hydroxylation sites is 1. The molecule has 0 aromatic heterocycles. The van der Waals surface area contributed by atoms with Gasteiger partial charge in [-0.1, -0.05) is 18.2 Å². The molecule has 0 bridgehead atoms. The van der Waals surface area contributed by atoms with Gasteiger partial charge in [0.15, 0.2) is 0 Å². The number of rotatable bonds is 7. The van der Waals surface area contributed by atoms with E-state index in [0.717, 1.165) is 19.4 Å². The molecule has 1 aliphatic heterocycles. The lowest BCUT2D eigenvalue weighted by Crippen LogP contribution is -2.16. The van der Waals surface area contributed by atoms with Gasteiger partial charge in [-0.05, 0) is 44.0 Å². The molecule has 1 saturated heterocycles. The minimum atomic E-state index is -0.208. The van der Waals surface area contributed by atoms with Crippen molar-refractivity contribution in [1.29, 1.82) is 0 Å². The second-order valence-corrected chi connectivity index (χ2v) is 5.86. The van der Waals surface area contributed by atoms with Crippen molar-refractivity contribution in [2.75, 3.05) is 25.1 Å². The van der Waals surface area contributed by atoms with Crippen LogP contribution in [0.3, 0.4) is 0 Å². The molecule has 1 unspecified atom stereocenters. The number of nitrogens with one attached hydrogen (secondary N) is 1. The van der Waals surface area contributed by atoms with E-state index in [4.69, 9.17) is 14.2 Å². The number of benzene rings is 2. The second kappa shape index (κ2) is 8.53. The van der Waals surface area contributed by atoms with Gasteiger partial charge in [0.1, 0.15) is 18.1 Å². The highest BCUT2D eigenvalue weighted by molar-refractivity contribution is 6.06. The number of ether oxygens (including phenoxy) is 3. The van der Waals surface area contributed by atoms with Crippen LogP contribution >= 0.6 is 0 Å². The van der Waals surface area contributed by atoms with Gasteiger partial charge < -0.3 is 19.5 Å². The van der Waals surface area contributed by atoms with Gasteiger partial charge in [-0.3, -0.25) is 4.79 Å². The van der Waals surface area contributed by atoms with Gasteiger partial charge in [-0.15, -0.1) is 0 Å². The van der Waals surface area contributed by atoms with Crippen LogP contribution in [0, 0.1) is 0 Å². The molecule has 132 valence electrons. The van der Waals surface area contributed by atoms with Crippen molar-refractivity contribution >= 4 is 11.6 Å². The van der Waals surface area contributed by atoms with Crippen LogP contribution in [0.1, 0.15) is 30.1 Å². The number of carbonyl (C=O) groups is 1. The van der Waals surface area contributed by atoms with Gasteiger partial charge in [0.05, 0.1) is 18.3 Å². The Balaban J connectivity index is 1.64. The minimum Gasteiger partial charge on any atom is -0.493 e. The molecule has 25 heavy (non-hydrogen) atoms. The highest BCUT2D eigenvalue weighted by Gasteiger charge is 2.16. The lowest BCUT2D eigenvalue weighted by molar-refractivity contribution is 0.0680. The maximum atomic E-state index is 12.5. The smallest absolute Gasteiger partial charge is 0.259 e. The molecule has 1 fully saturated rings. The normalized spacial score (nSPS) is 16.4. The number of anilines is 1. The number of carbonyl (C=O) groups excluding carboxylic acids is 1. The Hall–Kier alpha value is -2.53. The average molecular weight is 341 g/mol. The van der Waals surface area contributed by atoms with E-state index in [2.05, 4.69) is 5.32 Å². The largest absolute Gasteiger partial charge is 0.493 e. The molecular formula is C20H23NO4. The summed E-state index contributed by atoms with van der Waals surface area (Å²) in [5.74, 6) is 1.08. The molecule has 1 aliphatic rings. The summed E-state index contributed by atoms with van der Waals surface area (Å²) in [6.07, 6.45) is 2.28. The van der Waals surface area contributed by atoms with E-state index in [1.165, 1.54) is 0 Å². The van der Waals surface area contributed by atoms with Crippen molar-refractivity contribution in [3.05, 3.63) is 54.1 Å². The number of hydrogen-bond acceptors (Lipinski definition) is 4. The lowest BCUT2D eigenvalue weighted by atomic mass is 10.2. The number of amides is 1. The fourth-order valence-electron chi connectivity index (χ4n) is 2.76. The topological polar surface area (TPSA) is 56.8 Å². The molecule has 5 nitrogen and oxygen atoms in total. The van der Waals surface area contributed by atoms with E-state index in [0.29, 0.717) is 36.0 Å². The third kappa shape index (κ3) is 4.73. The molecule has 1 N–H and O–H groups in total. The summed E-state index contributed by atoms with van der Waals surface area (Å²) in [5, 5.41) is 2.90. The van der Waals surface area contributed by atoms with Gasteiger partial charge in [-0.2, -0.15) is 0 Å². The standard InChI is InChI=1S/C20H23NO4/c1-2-23-19-11-4-3-10-18(19)20(22)21-15-7-5-8-16(13-15)25-14-17-9-6-12-24-17/h3-5,7-8,10-11,13,17H,2,6,9,12,14H2,1H3,(H,21,22). The van der Waals surface area contributed by atoms with Gasteiger partial charge in [0.2, 0.25) is 0 Å². The van der Waals surface area contributed by atoms with Gasteiger partial charge in [0.25, 0.3) is 5.91 Å². The van der Waals surface area contributed by atoms with Gasteiger partial charge >= 0.3 is 0 Å². The van der Waals surface area contributed by atoms with Crippen molar-refractivity contribution in [2.45, 2.75) is 25.9 Å². The number of hydrogen-bond donors (Lipinski definition) is 1. The summed E-state index contributed by atoms with van der Waals surface area (Å²) in [5.41, 5.74) is 1.19. The Kier molecular flexibility index (Phi) is 5.90. The minimum absolute atomic E-state index is 0.163. The van der Waals surface area contributed by atoms with Crippen molar-refractivity contribution in [3.8, 4) is 11.5 Å². The van der Waals surface area contributed by atoms with Crippen molar-refractivity contribution in [3.63, 3.8) is 0 Å². The Bertz CT molecular complexity index is 710. The fourth-order valence-corrected chi connectivity index (χ4v) is 2.76. The van der Waals surface area contributed by atoms with Crippen molar-refractivity contribution in [1.82, 2.24) is 0 Å². The first-order valence-corrected chi connectivity index (χ1v) is 8.64. The average Bonchev–Trinajstić information content (AvgIpc) is 3.15. The van der Waals surface area contributed by atoms with Crippen LogP contribution in [0.15, 0.2) is 48.5 Å². The molecule has 1 atom stereocenters. The zero-order chi connectivity index (χ0) is 17.5. The highest BCUT2D eigenvalue weighted by atomic mass is 16.5. The van der Waals surface area contributed by atoms with Crippen LogP contribution in [0.4, 0.5) is 5.69 Å². The van der Waals surface area contributed by atoms with Crippen LogP contribution in [-0.2, 0) is 4.74 Å². The molecule has 0 aliphatic carbocycles. The first-order valence-electron chi connectivity index (χ1n) is 8.64. The summed E-state index contributed by atoms with van der Waals surface area (Å²) in [6.45, 7) is 3.74. The predicted molar refractivity (Wildman–Crippen MR) is 96.5 cm³/mol. The summed E-state index contributed by atoms with van der Waals surface area (Å²) in [6, 6.07) is 14.6. The van der Waals surface area contributed by atoms with Gasteiger partial charge in [-0.25, -0.2) is 0 Å². The van der Waals surface area contributed by atoms with E-state index in [1.54, 1.807) is 12.1 Å². The Morgan fingerprint density at radius 1 is 1.20 bits per heavy atom. The predicted octanol–water partition coefficient (Wildman–Crippen LogP) is 3.90. The first-order chi connectivity index (χ1) is 12.3. The zero-order valence-corrected chi connectivity index (χ0v) is 14.4. The monoisotopic (exact) mass is 341 g/mol. The third-order valence-electron chi connectivity index (χ3n) is 3.98. The summed E-state index contributed by atoms with van der Waals surface area (Å²) in [4.78, 5) is 12.5. The Morgan fingerprint density at radius 3 is 2.88 bits per heavy atom. The molecular weight excluding hydrogens is 318 g/mol. The molecule has 1 amide bonds. The fraction of sp³-hybridized carbons (Fsp3) is 0.350. The van der Waals surface area contributed by atoms with Crippen molar-refractivity contribution < 1.29 is 19.0 Å². The van der Waals surface area contributed by atoms with Crippen LogP contribution in [0.5, 0.6) is 11.5 Å². The quantitative estimate of drug-likeness (QED) is 0.830. The zero-order valence-electron chi connectivity index (χ0n) is 14.4. The van der Waals surface area contributed by atoms with Crippen molar-refractivity contribution in [2.24, 2.45) is 0 Å². The Labute approximate surface area is 147 Å². The molecule has 2 aromatic carbocycles. The molecule has 0 spiro atoms. The van der Waals surface area contributed by atoms with E-state index >= 15 is 0 Å².